The third-order valence-electron chi connectivity index (χ3n) is 6.25. The van der Waals surface area contributed by atoms with Crippen molar-refractivity contribution in [1.82, 2.24) is 0 Å². The average molecular weight is 445 g/mol. The molecule has 0 radical (unpaired) electrons. The van der Waals surface area contributed by atoms with Crippen LogP contribution < -0.4 is 20.1 Å². The molecule has 0 saturated carbocycles. The van der Waals surface area contributed by atoms with Crippen molar-refractivity contribution in [3.8, 4) is 11.5 Å². The number of anilines is 2. The highest BCUT2D eigenvalue weighted by molar-refractivity contribution is 6.00. The molecule has 2 aliphatic heterocycles. The summed E-state index contributed by atoms with van der Waals surface area (Å²) in [7, 11) is 0. The zero-order chi connectivity index (χ0) is 22.9. The Morgan fingerprint density at radius 1 is 0.647 bits per heavy atom. The van der Waals surface area contributed by atoms with E-state index in [9.17, 15) is 0 Å². The van der Waals surface area contributed by atoms with Crippen LogP contribution in [-0.2, 0) is 0 Å². The number of allylic oxidation sites excluding steroid dienone is 2. The van der Waals surface area contributed by atoms with Gasteiger partial charge in [-0.3, -0.25) is 0 Å². The van der Waals surface area contributed by atoms with Crippen LogP contribution in [0.5, 0.6) is 11.5 Å². The van der Waals surface area contributed by atoms with Crippen LogP contribution in [0.15, 0.2) is 115 Å². The van der Waals surface area contributed by atoms with Gasteiger partial charge in [-0.15, -0.1) is 0 Å². The lowest BCUT2D eigenvalue weighted by Gasteiger charge is -2.36. The van der Waals surface area contributed by atoms with Crippen molar-refractivity contribution in [3.05, 3.63) is 132 Å². The summed E-state index contributed by atoms with van der Waals surface area (Å²) < 4.78 is 11.2. The molecule has 4 nitrogen and oxygen atoms in total. The normalized spacial score (nSPS) is 15.1. The van der Waals surface area contributed by atoms with Crippen LogP contribution in [0.4, 0.5) is 11.4 Å². The standard InChI is InChI=1S/C30H24N2O2/c31-25-13-7-8-14-26(25)32-27(21-9-3-1-4-10-21)17-24(18-28(32)22-11-5-2-6-12-22)23-15-16-29-30(19-23)34-20-33-29/h1-19,24H,20,31H2. The van der Waals surface area contributed by atoms with Crippen molar-refractivity contribution in [2.45, 2.75) is 5.92 Å². The van der Waals surface area contributed by atoms with Crippen LogP contribution in [0.2, 0.25) is 0 Å². The minimum Gasteiger partial charge on any atom is -0.454 e. The number of nitrogens with zero attached hydrogens (tertiary/aromatic N) is 1. The molecule has 2 aliphatic rings. The Morgan fingerprint density at radius 2 is 1.24 bits per heavy atom. The number of nitrogens with two attached hydrogens (primary N) is 1. The van der Waals surface area contributed by atoms with Crippen molar-refractivity contribution >= 4 is 22.8 Å². The molecule has 0 bridgehead atoms. The maximum Gasteiger partial charge on any atom is 0.231 e. The van der Waals surface area contributed by atoms with E-state index in [0.717, 1.165) is 51.0 Å². The first-order chi connectivity index (χ1) is 16.8. The van der Waals surface area contributed by atoms with E-state index in [4.69, 9.17) is 15.2 Å². The third kappa shape index (κ3) is 3.59. The second-order valence-electron chi connectivity index (χ2n) is 8.37. The number of hydrogen-bond donors (Lipinski definition) is 1. The van der Waals surface area contributed by atoms with E-state index in [0.29, 0.717) is 0 Å². The number of para-hydroxylation sites is 2. The van der Waals surface area contributed by atoms with Gasteiger partial charge in [-0.2, -0.15) is 0 Å². The van der Waals surface area contributed by atoms with Crippen LogP contribution in [0.25, 0.3) is 11.4 Å². The van der Waals surface area contributed by atoms with Gasteiger partial charge in [0.05, 0.1) is 22.8 Å². The summed E-state index contributed by atoms with van der Waals surface area (Å²) in [6.07, 6.45) is 4.59. The Kier molecular flexibility index (Phi) is 5.04. The first-order valence-corrected chi connectivity index (χ1v) is 11.4. The van der Waals surface area contributed by atoms with Crippen LogP contribution in [0.1, 0.15) is 22.6 Å². The summed E-state index contributed by atoms with van der Waals surface area (Å²) in [6, 6.07) is 35.1. The van der Waals surface area contributed by atoms with Gasteiger partial charge in [0, 0.05) is 5.92 Å². The highest BCUT2D eigenvalue weighted by atomic mass is 16.7. The average Bonchev–Trinajstić information content (AvgIpc) is 3.37. The molecule has 2 N–H and O–H groups in total. The summed E-state index contributed by atoms with van der Waals surface area (Å²) in [6.45, 7) is 0.265. The topological polar surface area (TPSA) is 47.7 Å². The number of benzene rings is 4. The molecule has 0 spiro atoms. The number of hydrogen-bond acceptors (Lipinski definition) is 4. The quantitative estimate of drug-likeness (QED) is 0.357. The molecule has 0 amide bonds. The van der Waals surface area contributed by atoms with E-state index >= 15 is 0 Å². The van der Waals surface area contributed by atoms with Gasteiger partial charge in [-0.1, -0.05) is 78.9 Å². The molecule has 6 rings (SSSR count). The van der Waals surface area contributed by atoms with Crippen molar-refractivity contribution in [3.63, 3.8) is 0 Å². The highest BCUT2D eigenvalue weighted by Crippen LogP contribution is 2.45. The van der Waals surface area contributed by atoms with E-state index in [-0.39, 0.29) is 12.7 Å². The van der Waals surface area contributed by atoms with Crippen molar-refractivity contribution in [1.29, 1.82) is 0 Å². The lowest BCUT2D eigenvalue weighted by Crippen LogP contribution is -2.25. The zero-order valence-corrected chi connectivity index (χ0v) is 18.6. The number of nitrogen functional groups attached to an aromatic ring is 1. The van der Waals surface area contributed by atoms with Gasteiger partial charge >= 0.3 is 0 Å². The molecular formula is C30H24N2O2. The predicted octanol–water partition coefficient (Wildman–Crippen LogP) is 6.68. The Morgan fingerprint density at radius 3 is 1.88 bits per heavy atom. The molecule has 4 heteroatoms. The van der Waals surface area contributed by atoms with Crippen LogP contribution in [-0.4, -0.2) is 6.79 Å². The largest absolute Gasteiger partial charge is 0.454 e. The molecule has 0 aliphatic carbocycles. The van der Waals surface area contributed by atoms with E-state index < -0.39 is 0 Å². The van der Waals surface area contributed by atoms with Gasteiger partial charge < -0.3 is 20.1 Å². The smallest absolute Gasteiger partial charge is 0.231 e. The Hall–Kier alpha value is -4.44. The Labute approximate surface area is 199 Å². The minimum atomic E-state index is 0.0427. The molecule has 4 aromatic carbocycles. The van der Waals surface area contributed by atoms with E-state index in [2.05, 4.69) is 83.8 Å². The third-order valence-corrected chi connectivity index (χ3v) is 6.25. The Balaban J connectivity index is 1.57. The monoisotopic (exact) mass is 444 g/mol. The van der Waals surface area contributed by atoms with Gasteiger partial charge in [-0.05, 0) is 53.1 Å². The van der Waals surface area contributed by atoms with Crippen LogP contribution >= 0.6 is 0 Å². The molecule has 0 aromatic heterocycles. The summed E-state index contributed by atoms with van der Waals surface area (Å²) in [5.74, 6) is 1.62. The maximum absolute atomic E-state index is 6.51. The molecule has 4 aromatic rings. The van der Waals surface area contributed by atoms with E-state index in [1.807, 2.05) is 36.4 Å². The summed E-state index contributed by atoms with van der Waals surface area (Å²) in [5, 5.41) is 0. The first-order valence-electron chi connectivity index (χ1n) is 11.4. The molecule has 166 valence electrons. The summed E-state index contributed by atoms with van der Waals surface area (Å²) in [4.78, 5) is 2.27. The van der Waals surface area contributed by atoms with Gasteiger partial charge in [0.1, 0.15) is 0 Å². The van der Waals surface area contributed by atoms with Crippen LogP contribution in [0.3, 0.4) is 0 Å². The summed E-state index contributed by atoms with van der Waals surface area (Å²) >= 11 is 0. The van der Waals surface area contributed by atoms with Crippen molar-refractivity contribution < 1.29 is 9.47 Å². The molecule has 0 unspecified atom stereocenters. The van der Waals surface area contributed by atoms with Gasteiger partial charge in [-0.25, -0.2) is 0 Å². The molecule has 0 atom stereocenters. The molecular weight excluding hydrogens is 420 g/mol. The van der Waals surface area contributed by atoms with E-state index in [1.54, 1.807) is 0 Å². The van der Waals surface area contributed by atoms with E-state index in [1.165, 1.54) is 0 Å². The SMILES string of the molecule is Nc1ccccc1N1C(c2ccccc2)=CC(c2ccc3c(c2)OCO3)C=C1c1ccccc1. The molecule has 0 saturated heterocycles. The Bertz CT molecular complexity index is 1340. The first kappa shape index (κ1) is 20.2. The van der Waals surface area contributed by atoms with Gasteiger partial charge in [0.2, 0.25) is 6.79 Å². The lowest BCUT2D eigenvalue weighted by atomic mass is 9.89. The zero-order valence-electron chi connectivity index (χ0n) is 18.6. The fourth-order valence-electron chi connectivity index (χ4n) is 4.60. The second-order valence-corrected chi connectivity index (χ2v) is 8.37. The lowest BCUT2D eigenvalue weighted by molar-refractivity contribution is 0.174. The fourth-order valence-corrected chi connectivity index (χ4v) is 4.60. The number of rotatable bonds is 4. The fraction of sp³-hybridized carbons (Fsp3) is 0.0667. The van der Waals surface area contributed by atoms with Gasteiger partial charge in [0.15, 0.2) is 11.5 Å². The van der Waals surface area contributed by atoms with Crippen molar-refractivity contribution in [2.24, 2.45) is 0 Å². The number of fused-ring (bicyclic) bond motifs is 1. The highest BCUT2D eigenvalue weighted by Gasteiger charge is 2.28. The predicted molar refractivity (Wildman–Crippen MR) is 137 cm³/mol. The van der Waals surface area contributed by atoms with Crippen LogP contribution in [0, 0.1) is 0 Å². The molecule has 34 heavy (non-hydrogen) atoms. The van der Waals surface area contributed by atoms with Gasteiger partial charge in [0.25, 0.3) is 0 Å². The maximum atomic E-state index is 6.51. The number of ether oxygens (including phenoxy) is 2. The summed E-state index contributed by atoms with van der Waals surface area (Å²) in [5.41, 5.74) is 13.8. The molecule has 2 heterocycles. The second kappa shape index (κ2) is 8.49. The molecule has 0 fully saturated rings. The minimum absolute atomic E-state index is 0.0427. The van der Waals surface area contributed by atoms with Crippen molar-refractivity contribution in [2.75, 3.05) is 17.4 Å².